The van der Waals surface area contributed by atoms with E-state index in [1.807, 2.05) is 25.9 Å². The van der Waals surface area contributed by atoms with E-state index in [9.17, 15) is 14.7 Å². The van der Waals surface area contributed by atoms with E-state index in [2.05, 4.69) is 13.8 Å². The molecular formula is C29H38N2O7. The van der Waals surface area contributed by atoms with Gasteiger partial charge >= 0.3 is 0 Å². The fraction of sp³-hybridized carbons (Fsp3) is 0.448. The summed E-state index contributed by atoms with van der Waals surface area (Å²) in [6.45, 7) is 7.36. The molecule has 0 spiro atoms. The summed E-state index contributed by atoms with van der Waals surface area (Å²) in [5.74, 6) is 0.509. The first-order valence-electron chi connectivity index (χ1n) is 12.5. The van der Waals surface area contributed by atoms with Gasteiger partial charge in [0.2, 0.25) is 5.75 Å². The van der Waals surface area contributed by atoms with E-state index in [1.54, 1.807) is 30.3 Å². The molecule has 3 rings (SSSR count). The molecule has 0 radical (unpaired) electrons. The van der Waals surface area contributed by atoms with Crippen molar-refractivity contribution in [3.63, 3.8) is 0 Å². The lowest BCUT2D eigenvalue weighted by molar-refractivity contribution is -0.140. The Labute approximate surface area is 224 Å². The van der Waals surface area contributed by atoms with Gasteiger partial charge in [-0.3, -0.25) is 9.59 Å². The van der Waals surface area contributed by atoms with Gasteiger partial charge in [0.1, 0.15) is 11.5 Å². The molecule has 0 aliphatic carbocycles. The van der Waals surface area contributed by atoms with Gasteiger partial charge < -0.3 is 33.9 Å². The van der Waals surface area contributed by atoms with E-state index >= 15 is 0 Å². The number of aliphatic hydroxyl groups excluding tert-OH is 1. The van der Waals surface area contributed by atoms with E-state index in [0.29, 0.717) is 53.2 Å². The van der Waals surface area contributed by atoms with Gasteiger partial charge in [-0.05, 0) is 68.4 Å². The molecule has 0 aromatic heterocycles. The molecule has 9 heteroatoms. The number of aryl methyl sites for hydroxylation is 1. The maximum absolute atomic E-state index is 13.4. The van der Waals surface area contributed by atoms with E-state index in [-0.39, 0.29) is 17.9 Å². The van der Waals surface area contributed by atoms with Crippen LogP contribution in [0.2, 0.25) is 0 Å². The maximum Gasteiger partial charge on any atom is 0.295 e. The molecule has 2 aromatic rings. The van der Waals surface area contributed by atoms with Gasteiger partial charge in [0.05, 0.1) is 39.6 Å². The van der Waals surface area contributed by atoms with E-state index < -0.39 is 17.7 Å². The van der Waals surface area contributed by atoms with E-state index in [4.69, 9.17) is 18.9 Å². The second-order valence-corrected chi connectivity index (χ2v) is 9.94. The maximum atomic E-state index is 13.4. The number of carbonyl (C=O) groups is 2. The van der Waals surface area contributed by atoms with Gasteiger partial charge in [0, 0.05) is 18.7 Å². The zero-order valence-electron chi connectivity index (χ0n) is 23.5. The molecular weight excluding hydrogens is 488 g/mol. The third kappa shape index (κ3) is 5.88. The molecule has 2 aromatic carbocycles. The topological polar surface area (TPSA) is 97.8 Å². The van der Waals surface area contributed by atoms with Crippen LogP contribution in [-0.2, 0) is 9.59 Å². The van der Waals surface area contributed by atoms with Crippen LogP contribution in [0.1, 0.15) is 36.6 Å². The predicted molar refractivity (Wildman–Crippen MR) is 145 cm³/mol. The number of hydrogen-bond donors (Lipinski definition) is 1. The fourth-order valence-electron chi connectivity index (χ4n) is 4.39. The highest BCUT2D eigenvalue weighted by Crippen LogP contribution is 2.45. The third-order valence-electron chi connectivity index (χ3n) is 6.35. The number of likely N-dealkylation sites (tertiary alicyclic amines) is 1. The number of carbonyl (C=O) groups excluding carboxylic acids is 2. The molecule has 1 fully saturated rings. The Kier molecular flexibility index (Phi) is 9.27. The molecule has 1 aliphatic rings. The van der Waals surface area contributed by atoms with Crippen LogP contribution in [0.4, 0.5) is 0 Å². The highest BCUT2D eigenvalue weighted by molar-refractivity contribution is 6.46. The van der Waals surface area contributed by atoms with Gasteiger partial charge in [-0.25, -0.2) is 0 Å². The highest BCUT2D eigenvalue weighted by atomic mass is 16.5. The normalized spacial score (nSPS) is 16.9. The second-order valence-electron chi connectivity index (χ2n) is 9.94. The van der Waals surface area contributed by atoms with Crippen molar-refractivity contribution in [1.29, 1.82) is 0 Å². The summed E-state index contributed by atoms with van der Waals surface area (Å²) in [5, 5.41) is 11.5. The average Bonchev–Trinajstić information content (AvgIpc) is 3.14. The van der Waals surface area contributed by atoms with Crippen molar-refractivity contribution in [2.45, 2.75) is 26.8 Å². The minimum atomic E-state index is -0.860. The highest BCUT2D eigenvalue weighted by Gasteiger charge is 2.46. The largest absolute Gasteiger partial charge is 0.507 e. The summed E-state index contributed by atoms with van der Waals surface area (Å²) in [4.78, 5) is 30.0. The Morgan fingerprint density at radius 2 is 1.63 bits per heavy atom. The Morgan fingerprint density at radius 1 is 1.00 bits per heavy atom. The molecule has 1 heterocycles. The first kappa shape index (κ1) is 28.8. The van der Waals surface area contributed by atoms with Crippen LogP contribution in [-0.4, -0.2) is 81.7 Å². The summed E-state index contributed by atoms with van der Waals surface area (Å²) in [7, 11) is 8.26. The molecule has 1 atom stereocenters. The van der Waals surface area contributed by atoms with Crippen LogP contribution in [0.5, 0.6) is 23.0 Å². The van der Waals surface area contributed by atoms with Crippen molar-refractivity contribution in [2.75, 3.05) is 55.1 Å². The Balaban J connectivity index is 2.19. The van der Waals surface area contributed by atoms with Gasteiger partial charge in [-0.1, -0.05) is 13.8 Å². The summed E-state index contributed by atoms with van der Waals surface area (Å²) in [6, 6.07) is 7.75. The van der Waals surface area contributed by atoms with Crippen molar-refractivity contribution in [3.8, 4) is 23.0 Å². The molecule has 38 heavy (non-hydrogen) atoms. The zero-order valence-corrected chi connectivity index (χ0v) is 23.5. The monoisotopic (exact) mass is 526 g/mol. The van der Waals surface area contributed by atoms with Gasteiger partial charge in [0.25, 0.3) is 11.7 Å². The molecule has 9 nitrogen and oxygen atoms in total. The first-order valence-corrected chi connectivity index (χ1v) is 12.5. The number of amides is 1. The third-order valence-corrected chi connectivity index (χ3v) is 6.35. The Bertz CT molecular complexity index is 1190. The Hall–Kier alpha value is -3.72. The van der Waals surface area contributed by atoms with E-state index in [1.165, 1.54) is 26.2 Å². The zero-order chi connectivity index (χ0) is 28.1. The number of benzene rings is 2. The van der Waals surface area contributed by atoms with Crippen LogP contribution >= 0.6 is 0 Å². The molecule has 206 valence electrons. The summed E-state index contributed by atoms with van der Waals surface area (Å²) < 4.78 is 22.4. The molecule has 0 bridgehead atoms. The fourth-order valence-corrected chi connectivity index (χ4v) is 4.39. The van der Waals surface area contributed by atoms with Crippen LogP contribution < -0.4 is 18.9 Å². The number of hydrogen-bond acceptors (Lipinski definition) is 8. The van der Waals surface area contributed by atoms with Gasteiger partial charge in [-0.2, -0.15) is 0 Å². The minimum Gasteiger partial charge on any atom is -0.507 e. The lowest BCUT2D eigenvalue weighted by Gasteiger charge is -2.27. The van der Waals surface area contributed by atoms with Crippen LogP contribution in [0.3, 0.4) is 0 Å². The smallest absolute Gasteiger partial charge is 0.295 e. The number of Topliss-reactive ketones (excluding diaryl/α,β-unsaturated/α-hetero) is 1. The number of likely N-dealkylation sites (N-methyl/N-ethyl adjacent to an activating group) is 1. The molecule has 1 saturated heterocycles. The number of ketones is 1. The summed E-state index contributed by atoms with van der Waals surface area (Å²) in [6.07, 6.45) is 0. The standard InChI is InChI=1S/C29H38N2O7/c1-17(2)16-38-21-10-9-19(13-18(21)3)26(32)24-25(31(12-11-30(4)5)29(34)27(24)33)20-14-22(35-6)28(37-8)23(15-20)36-7/h9-10,13-15,17,25,32H,11-12,16H2,1-8H3/b26-24+/t25-/m0/s1. The quantitative estimate of drug-likeness (QED) is 0.266. The summed E-state index contributed by atoms with van der Waals surface area (Å²) >= 11 is 0. The van der Waals surface area contributed by atoms with Crippen molar-refractivity contribution in [3.05, 3.63) is 52.6 Å². The number of rotatable bonds is 11. The second kappa shape index (κ2) is 12.2. The van der Waals surface area contributed by atoms with Crippen molar-refractivity contribution in [1.82, 2.24) is 9.80 Å². The van der Waals surface area contributed by atoms with Crippen LogP contribution in [0.25, 0.3) is 5.76 Å². The van der Waals surface area contributed by atoms with Gasteiger partial charge in [0.15, 0.2) is 11.5 Å². The number of aliphatic hydroxyl groups is 1. The number of nitrogens with zero attached hydrogens (tertiary/aromatic N) is 2. The minimum absolute atomic E-state index is 0.00159. The Morgan fingerprint density at radius 3 is 2.13 bits per heavy atom. The average molecular weight is 527 g/mol. The molecule has 1 aliphatic heterocycles. The molecule has 0 saturated carbocycles. The van der Waals surface area contributed by atoms with Gasteiger partial charge in [-0.15, -0.1) is 0 Å². The number of methoxy groups -OCH3 is 3. The first-order chi connectivity index (χ1) is 18.0. The van der Waals surface area contributed by atoms with Crippen molar-refractivity contribution in [2.24, 2.45) is 5.92 Å². The predicted octanol–water partition coefficient (Wildman–Crippen LogP) is 4.04. The van der Waals surface area contributed by atoms with Crippen LogP contribution in [0, 0.1) is 12.8 Å². The lowest BCUT2D eigenvalue weighted by Crippen LogP contribution is -2.35. The van der Waals surface area contributed by atoms with Crippen molar-refractivity contribution < 1.29 is 33.6 Å². The number of ether oxygens (including phenoxy) is 4. The van der Waals surface area contributed by atoms with E-state index in [0.717, 1.165) is 5.56 Å². The van der Waals surface area contributed by atoms with Crippen molar-refractivity contribution >= 4 is 17.4 Å². The molecule has 1 N–H and O–H groups in total. The summed E-state index contributed by atoms with van der Waals surface area (Å²) in [5.41, 5.74) is 1.77. The lowest BCUT2D eigenvalue weighted by atomic mass is 9.94. The molecule has 0 unspecified atom stereocenters. The molecule has 1 amide bonds. The SMILES string of the molecule is COc1cc([C@H]2/C(=C(\O)c3ccc(OCC(C)C)c(C)c3)C(=O)C(=O)N2CCN(C)C)cc(OC)c1OC. The van der Waals surface area contributed by atoms with Crippen LogP contribution in [0.15, 0.2) is 35.9 Å².